The van der Waals surface area contributed by atoms with Crippen LogP contribution in [0, 0.1) is 0 Å². The van der Waals surface area contributed by atoms with Crippen molar-refractivity contribution in [2.75, 3.05) is 13.7 Å². The van der Waals surface area contributed by atoms with E-state index >= 15 is 0 Å². The third-order valence-corrected chi connectivity index (χ3v) is 2.46. The van der Waals surface area contributed by atoms with Gasteiger partial charge in [-0.1, -0.05) is 11.2 Å². The summed E-state index contributed by atoms with van der Waals surface area (Å²) in [6.07, 6.45) is 0. The predicted molar refractivity (Wildman–Crippen MR) is 53.2 cm³/mol. The van der Waals surface area contributed by atoms with E-state index in [0.29, 0.717) is 6.61 Å². The van der Waals surface area contributed by atoms with Gasteiger partial charge in [-0.05, 0) is 28.1 Å². The summed E-state index contributed by atoms with van der Waals surface area (Å²) in [5, 5.41) is 3.88. The van der Waals surface area contributed by atoms with Crippen molar-refractivity contribution in [2.45, 2.75) is 0 Å². The van der Waals surface area contributed by atoms with Gasteiger partial charge < -0.3 is 9.57 Å². The molecule has 0 amide bonds. The van der Waals surface area contributed by atoms with Gasteiger partial charge in [0.25, 0.3) is 0 Å². The average molecular weight is 242 g/mol. The van der Waals surface area contributed by atoms with Crippen molar-refractivity contribution in [1.82, 2.24) is 0 Å². The summed E-state index contributed by atoms with van der Waals surface area (Å²) in [6.45, 7) is 0.478. The third-order valence-electron chi connectivity index (χ3n) is 1.83. The summed E-state index contributed by atoms with van der Waals surface area (Å²) in [5.74, 6) is 0.846. The number of ether oxygens (including phenoxy) is 1. The summed E-state index contributed by atoms with van der Waals surface area (Å²) < 4.78 is 6.39. The molecular formula is C9H8BrNO2. The second-order valence-corrected chi connectivity index (χ2v) is 3.48. The first-order valence-corrected chi connectivity index (χ1v) is 4.64. The van der Waals surface area contributed by atoms with E-state index in [0.717, 1.165) is 21.5 Å². The van der Waals surface area contributed by atoms with Gasteiger partial charge in [0.1, 0.15) is 25.2 Å². The molecule has 0 aromatic heterocycles. The molecule has 4 heteroatoms. The highest BCUT2D eigenvalue weighted by molar-refractivity contribution is 9.10. The molecule has 0 atom stereocenters. The largest absolute Gasteiger partial charge is 0.485 e. The Hall–Kier alpha value is -1.03. The molecule has 2 rings (SSSR count). The molecule has 1 aromatic rings. The first kappa shape index (κ1) is 8.56. The number of oxime groups is 1. The van der Waals surface area contributed by atoms with Gasteiger partial charge in [-0.25, -0.2) is 0 Å². The van der Waals surface area contributed by atoms with Gasteiger partial charge in [0.2, 0.25) is 0 Å². The van der Waals surface area contributed by atoms with E-state index in [2.05, 4.69) is 21.1 Å². The van der Waals surface area contributed by atoms with E-state index in [1.165, 1.54) is 7.11 Å². The first-order valence-electron chi connectivity index (χ1n) is 3.84. The van der Waals surface area contributed by atoms with Crippen LogP contribution in [0.4, 0.5) is 0 Å². The Morgan fingerprint density at radius 1 is 1.54 bits per heavy atom. The maximum absolute atomic E-state index is 5.44. The predicted octanol–water partition coefficient (Wildman–Crippen LogP) is 2.19. The number of rotatable bonds is 1. The Kier molecular flexibility index (Phi) is 2.22. The number of benzene rings is 1. The molecule has 1 aliphatic rings. The SMILES string of the molecule is CON=C1COc2c(Br)cccc21. The van der Waals surface area contributed by atoms with E-state index < -0.39 is 0 Å². The Labute approximate surface area is 84.5 Å². The van der Waals surface area contributed by atoms with Crippen LogP contribution < -0.4 is 4.74 Å². The number of hydrogen-bond donors (Lipinski definition) is 0. The van der Waals surface area contributed by atoms with Crippen molar-refractivity contribution >= 4 is 21.6 Å². The van der Waals surface area contributed by atoms with Crippen LogP contribution in [0.25, 0.3) is 0 Å². The van der Waals surface area contributed by atoms with Gasteiger partial charge in [0.15, 0.2) is 0 Å². The Morgan fingerprint density at radius 3 is 3.15 bits per heavy atom. The van der Waals surface area contributed by atoms with E-state index in [1.54, 1.807) is 0 Å². The molecule has 3 nitrogen and oxygen atoms in total. The second kappa shape index (κ2) is 3.38. The number of para-hydroxylation sites is 1. The Bertz CT molecular complexity index is 363. The van der Waals surface area contributed by atoms with Crippen LogP contribution in [0.15, 0.2) is 27.8 Å². The quantitative estimate of drug-likeness (QED) is 0.706. The van der Waals surface area contributed by atoms with Crippen LogP contribution in [0.5, 0.6) is 5.75 Å². The van der Waals surface area contributed by atoms with Gasteiger partial charge in [0, 0.05) is 5.56 Å². The van der Waals surface area contributed by atoms with E-state index in [9.17, 15) is 0 Å². The summed E-state index contributed by atoms with van der Waals surface area (Å²) in [5.41, 5.74) is 1.83. The molecule has 0 radical (unpaired) electrons. The van der Waals surface area contributed by atoms with Crippen molar-refractivity contribution in [1.29, 1.82) is 0 Å². The Balaban J connectivity index is 2.49. The zero-order valence-electron chi connectivity index (χ0n) is 7.08. The average Bonchev–Trinajstić information content (AvgIpc) is 2.51. The number of fused-ring (bicyclic) bond motifs is 1. The van der Waals surface area contributed by atoms with Crippen molar-refractivity contribution in [3.8, 4) is 5.75 Å². The fraction of sp³-hybridized carbons (Fsp3) is 0.222. The monoisotopic (exact) mass is 241 g/mol. The molecule has 0 fully saturated rings. The highest BCUT2D eigenvalue weighted by Crippen LogP contribution is 2.33. The molecule has 0 aliphatic carbocycles. The molecular weight excluding hydrogens is 234 g/mol. The smallest absolute Gasteiger partial charge is 0.143 e. The molecule has 13 heavy (non-hydrogen) atoms. The lowest BCUT2D eigenvalue weighted by atomic mass is 10.1. The number of halogens is 1. The summed E-state index contributed by atoms with van der Waals surface area (Å²) in [7, 11) is 1.53. The van der Waals surface area contributed by atoms with E-state index in [-0.39, 0.29) is 0 Å². The molecule has 68 valence electrons. The van der Waals surface area contributed by atoms with Gasteiger partial charge in [-0.2, -0.15) is 0 Å². The van der Waals surface area contributed by atoms with Crippen LogP contribution in [0.2, 0.25) is 0 Å². The van der Waals surface area contributed by atoms with Crippen LogP contribution >= 0.6 is 15.9 Å². The lowest BCUT2D eigenvalue weighted by Gasteiger charge is -1.98. The Morgan fingerprint density at radius 2 is 2.38 bits per heavy atom. The van der Waals surface area contributed by atoms with Crippen LogP contribution in [-0.4, -0.2) is 19.4 Å². The lowest BCUT2D eigenvalue weighted by Crippen LogP contribution is -2.02. The van der Waals surface area contributed by atoms with E-state index in [4.69, 9.17) is 9.57 Å². The molecule has 1 aromatic carbocycles. The van der Waals surface area contributed by atoms with Crippen LogP contribution in [0.1, 0.15) is 5.56 Å². The zero-order valence-corrected chi connectivity index (χ0v) is 8.67. The first-order chi connectivity index (χ1) is 6.33. The van der Waals surface area contributed by atoms with Gasteiger partial charge in [-0.3, -0.25) is 0 Å². The molecule has 0 saturated heterocycles. The zero-order chi connectivity index (χ0) is 9.26. The van der Waals surface area contributed by atoms with Crippen molar-refractivity contribution in [3.63, 3.8) is 0 Å². The molecule has 0 saturated carbocycles. The lowest BCUT2D eigenvalue weighted by molar-refractivity contribution is 0.211. The molecule has 0 unspecified atom stereocenters. The standard InChI is InChI=1S/C9H8BrNO2/c1-12-11-8-5-13-9-6(8)3-2-4-7(9)10/h2-4H,5H2,1H3. The highest BCUT2D eigenvalue weighted by Gasteiger charge is 2.21. The third kappa shape index (κ3) is 1.42. The minimum atomic E-state index is 0.478. The number of nitrogens with zero attached hydrogens (tertiary/aromatic N) is 1. The molecule has 0 bridgehead atoms. The molecule has 0 spiro atoms. The van der Waals surface area contributed by atoms with Crippen molar-refractivity contribution < 1.29 is 9.57 Å². The summed E-state index contributed by atoms with van der Waals surface area (Å²) >= 11 is 3.41. The second-order valence-electron chi connectivity index (χ2n) is 2.63. The highest BCUT2D eigenvalue weighted by atomic mass is 79.9. The molecule has 1 heterocycles. The maximum Gasteiger partial charge on any atom is 0.143 e. The van der Waals surface area contributed by atoms with Crippen molar-refractivity contribution in [2.24, 2.45) is 5.16 Å². The van der Waals surface area contributed by atoms with Gasteiger partial charge in [-0.15, -0.1) is 0 Å². The fourth-order valence-electron chi connectivity index (χ4n) is 1.29. The maximum atomic E-state index is 5.44. The minimum absolute atomic E-state index is 0.478. The summed E-state index contributed by atoms with van der Waals surface area (Å²) in [4.78, 5) is 4.72. The van der Waals surface area contributed by atoms with E-state index in [1.807, 2.05) is 18.2 Å². The topological polar surface area (TPSA) is 30.8 Å². The van der Waals surface area contributed by atoms with Gasteiger partial charge >= 0.3 is 0 Å². The summed E-state index contributed by atoms with van der Waals surface area (Å²) in [6, 6.07) is 5.85. The number of hydrogen-bond acceptors (Lipinski definition) is 3. The normalized spacial score (nSPS) is 16.9. The molecule has 0 N–H and O–H groups in total. The van der Waals surface area contributed by atoms with Crippen molar-refractivity contribution in [3.05, 3.63) is 28.2 Å². The van der Waals surface area contributed by atoms with Crippen LogP contribution in [0.3, 0.4) is 0 Å². The fourth-order valence-corrected chi connectivity index (χ4v) is 1.77. The van der Waals surface area contributed by atoms with Gasteiger partial charge in [0.05, 0.1) is 4.47 Å². The minimum Gasteiger partial charge on any atom is -0.485 e. The van der Waals surface area contributed by atoms with Crippen LogP contribution in [-0.2, 0) is 4.84 Å². The molecule has 1 aliphatic heterocycles.